The predicted octanol–water partition coefficient (Wildman–Crippen LogP) is -0.0490. The number of carbonyl (C=O) groups excluding carboxylic acids is 2. The molecule has 2 aromatic rings. The van der Waals surface area contributed by atoms with E-state index in [9.17, 15) is 9.59 Å². The number of carbonyl (C=O) groups is 2. The van der Waals surface area contributed by atoms with Crippen LogP contribution in [0.3, 0.4) is 0 Å². The van der Waals surface area contributed by atoms with Crippen molar-refractivity contribution in [3.05, 3.63) is 30.4 Å². The van der Waals surface area contributed by atoms with E-state index in [0.29, 0.717) is 37.9 Å². The second-order valence-corrected chi connectivity index (χ2v) is 5.48. The molecule has 2 aromatic heterocycles. The van der Waals surface area contributed by atoms with Crippen molar-refractivity contribution in [3.63, 3.8) is 0 Å². The summed E-state index contributed by atoms with van der Waals surface area (Å²) in [7, 11) is 0. The van der Waals surface area contributed by atoms with Gasteiger partial charge in [-0.3, -0.25) is 9.69 Å². The molecule has 1 aliphatic rings. The minimum absolute atomic E-state index is 0.00907. The Bertz CT molecular complexity index is 761. The fourth-order valence-electron chi connectivity index (χ4n) is 2.30. The van der Waals surface area contributed by atoms with Crippen molar-refractivity contribution in [1.82, 2.24) is 30.0 Å². The fraction of sp³-hybridized carbons (Fsp3) is 0.400. The predicted molar refractivity (Wildman–Crippen MR) is 88.3 cm³/mol. The van der Waals surface area contributed by atoms with Crippen molar-refractivity contribution in [1.29, 1.82) is 0 Å². The number of ether oxygens (including phenoxy) is 1. The Balaban J connectivity index is 1.43. The molecule has 0 spiro atoms. The molecule has 1 aliphatic heterocycles. The highest BCUT2D eigenvalue weighted by atomic mass is 16.6. The van der Waals surface area contributed by atoms with E-state index >= 15 is 0 Å². The first kappa shape index (κ1) is 16.7. The first-order valence-corrected chi connectivity index (χ1v) is 7.89. The van der Waals surface area contributed by atoms with Gasteiger partial charge in [-0.25, -0.2) is 19.4 Å². The third kappa shape index (κ3) is 4.43. The maximum absolute atomic E-state index is 11.8. The van der Waals surface area contributed by atoms with E-state index in [0.717, 1.165) is 5.69 Å². The van der Waals surface area contributed by atoms with Crippen LogP contribution in [0, 0.1) is 6.92 Å². The van der Waals surface area contributed by atoms with Gasteiger partial charge in [-0.15, -0.1) is 0 Å². The van der Waals surface area contributed by atoms with E-state index in [1.165, 1.54) is 11.2 Å². The van der Waals surface area contributed by atoms with Gasteiger partial charge < -0.3 is 15.4 Å². The number of nitrogens with one attached hydrogen (secondary N) is 2. The smallest absolute Gasteiger partial charge is 0.410 e. The average Bonchev–Trinajstić information content (AvgIpc) is 3.21. The number of aromatic nitrogens is 4. The zero-order valence-corrected chi connectivity index (χ0v) is 13.8. The molecule has 0 aromatic carbocycles. The van der Waals surface area contributed by atoms with Crippen molar-refractivity contribution in [3.8, 4) is 5.82 Å². The van der Waals surface area contributed by atoms with Gasteiger partial charge in [0, 0.05) is 25.4 Å². The molecule has 3 heterocycles. The van der Waals surface area contributed by atoms with Gasteiger partial charge in [-0.1, -0.05) is 0 Å². The molecule has 0 saturated carbocycles. The summed E-state index contributed by atoms with van der Waals surface area (Å²) in [6.45, 7) is 3.59. The third-order valence-electron chi connectivity index (χ3n) is 3.54. The maximum atomic E-state index is 11.8. The van der Waals surface area contributed by atoms with E-state index in [1.807, 2.05) is 19.2 Å². The SMILES string of the molecule is Cc1ccn(-c2cc(NCCNC(=O)CN3CCOC3=O)ncn2)n1. The Morgan fingerprint density at radius 3 is 2.96 bits per heavy atom. The number of aryl methyl sites for hydroxylation is 1. The van der Waals surface area contributed by atoms with Gasteiger partial charge in [0.2, 0.25) is 5.91 Å². The third-order valence-corrected chi connectivity index (χ3v) is 3.54. The van der Waals surface area contributed by atoms with Gasteiger partial charge in [0.05, 0.1) is 12.2 Å². The summed E-state index contributed by atoms with van der Waals surface area (Å²) < 4.78 is 6.44. The lowest BCUT2D eigenvalue weighted by molar-refractivity contribution is -0.121. The van der Waals surface area contributed by atoms with Crippen molar-refractivity contribution < 1.29 is 14.3 Å². The van der Waals surface area contributed by atoms with Gasteiger partial charge in [0.1, 0.15) is 25.3 Å². The van der Waals surface area contributed by atoms with Crippen LogP contribution in [0.4, 0.5) is 10.6 Å². The number of nitrogens with zero attached hydrogens (tertiary/aromatic N) is 5. The van der Waals surface area contributed by atoms with E-state index < -0.39 is 6.09 Å². The number of anilines is 1. The average molecular weight is 345 g/mol. The monoisotopic (exact) mass is 345 g/mol. The Labute approximate surface area is 144 Å². The van der Waals surface area contributed by atoms with E-state index in [4.69, 9.17) is 4.74 Å². The van der Waals surface area contributed by atoms with Crippen LogP contribution in [0.15, 0.2) is 24.7 Å². The second kappa shape index (κ2) is 7.60. The van der Waals surface area contributed by atoms with E-state index in [1.54, 1.807) is 10.7 Å². The highest BCUT2D eigenvalue weighted by molar-refractivity contribution is 5.82. The Kier molecular flexibility index (Phi) is 5.07. The molecule has 0 radical (unpaired) electrons. The number of hydrogen-bond acceptors (Lipinski definition) is 7. The highest BCUT2D eigenvalue weighted by Crippen LogP contribution is 2.08. The topological polar surface area (TPSA) is 114 Å². The molecule has 1 fully saturated rings. The number of rotatable bonds is 7. The van der Waals surface area contributed by atoms with Crippen LogP contribution >= 0.6 is 0 Å². The first-order chi connectivity index (χ1) is 12.1. The van der Waals surface area contributed by atoms with Crippen LogP contribution in [0.25, 0.3) is 5.82 Å². The Hall–Kier alpha value is -3.17. The van der Waals surface area contributed by atoms with Crippen LogP contribution in [0.5, 0.6) is 0 Å². The van der Waals surface area contributed by atoms with Gasteiger partial charge in [-0.2, -0.15) is 5.10 Å². The second-order valence-electron chi connectivity index (χ2n) is 5.48. The van der Waals surface area contributed by atoms with E-state index in [-0.39, 0.29) is 12.5 Å². The molecule has 0 atom stereocenters. The molecule has 10 heteroatoms. The summed E-state index contributed by atoms with van der Waals surface area (Å²) in [5.74, 6) is 1.06. The molecule has 0 aliphatic carbocycles. The van der Waals surface area contributed by atoms with Crippen molar-refractivity contribution in [2.45, 2.75) is 6.92 Å². The van der Waals surface area contributed by atoms with Crippen LogP contribution < -0.4 is 10.6 Å². The highest BCUT2D eigenvalue weighted by Gasteiger charge is 2.23. The molecular weight excluding hydrogens is 326 g/mol. The molecular formula is C15H19N7O3. The van der Waals surface area contributed by atoms with Crippen molar-refractivity contribution in [2.24, 2.45) is 0 Å². The lowest BCUT2D eigenvalue weighted by Crippen LogP contribution is -2.39. The largest absolute Gasteiger partial charge is 0.448 e. The summed E-state index contributed by atoms with van der Waals surface area (Å²) in [4.78, 5) is 32.7. The minimum Gasteiger partial charge on any atom is -0.448 e. The normalized spacial score (nSPS) is 13.6. The number of amides is 2. The molecule has 0 bridgehead atoms. The standard InChI is InChI=1S/C15H19N7O3/c1-11-2-5-22(20-11)13-8-12(18-10-19-13)16-3-4-17-14(23)9-21-6-7-25-15(21)24/h2,5,8,10H,3-4,6-7,9H2,1H3,(H,17,23)(H,16,18,19). The Morgan fingerprint density at radius 1 is 1.36 bits per heavy atom. The zero-order chi connectivity index (χ0) is 17.6. The molecule has 10 nitrogen and oxygen atoms in total. The summed E-state index contributed by atoms with van der Waals surface area (Å²) in [6.07, 6.45) is 2.83. The van der Waals surface area contributed by atoms with Crippen LogP contribution in [0.1, 0.15) is 5.69 Å². The van der Waals surface area contributed by atoms with Gasteiger partial charge in [-0.05, 0) is 13.0 Å². The van der Waals surface area contributed by atoms with Crippen molar-refractivity contribution >= 4 is 17.8 Å². The molecule has 2 amide bonds. The lowest BCUT2D eigenvalue weighted by atomic mass is 10.4. The number of hydrogen-bond donors (Lipinski definition) is 2. The summed E-state index contributed by atoms with van der Waals surface area (Å²) in [5.41, 5.74) is 0.901. The maximum Gasteiger partial charge on any atom is 0.410 e. The molecule has 132 valence electrons. The van der Waals surface area contributed by atoms with Gasteiger partial charge >= 0.3 is 6.09 Å². The van der Waals surface area contributed by atoms with Crippen LogP contribution in [-0.2, 0) is 9.53 Å². The van der Waals surface area contributed by atoms with Crippen molar-refractivity contribution in [2.75, 3.05) is 38.1 Å². The molecule has 0 unspecified atom stereocenters. The summed E-state index contributed by atoms with van der Waals surface area (Å²) in [5, 5.41) is 10.1. The quantitative estimate of drug-likeness (QED) is 0.676. The van der Waals surface area contributed by atoms with Gasteiger partial charge in [0.15, 0.2) is 5.82 Å². The fourth-order valence-corrected chi connectivity index (χ4v) is 2.30. The molecule has 25 heavy (non-hydrogen) atoms. The van der Waals surface area contributed by atoms with Crippen LogP contribution in [-0.4, -0.2) is 69.4 Å². The molecule has 2 N–H and O–H groups in total. The summed E-state index contributed by atoms with van der Waals surface area (Å²) >= 11 is 0. The molecule has 1 saturated heterocycles. The minimum atomic E-state index is -0.448. The summed E-state index contributed by atoms with van der Waals surface area (Å²) in [6, 6.07) is 3.66. The Morgan fingerprint density at radius 2 is 2.24 bits per heavy atom. The first-order valence-electron chi connectivity index (χ1n) is 7.89. The van der Waals surface area contributed by atoms with Crippen LogP contribution in [0.2, 0.25) is 0 Å². The number of cyclic esters (lactones) is 1. The van der Waals surface area contributed by atoms with Gasteiger partial charge in [0.25, 0.3) is 0 Å². The molecule has 3 rings (SSSR count). The zero-order valence-electron chi connectivity index (χ0n) is 13.8. The lowest BCUT2D eigenvalue weighted by Gasteiger charge is -2.12. The van der Waals surface area contributed by atoms with E-state index in [2.05, 4.69) is 25.7 Å².